The van der Waals surface area contributed by atoms with Crippen LogP contribution in [0.15, 0.2) is 42.1 Å². The van der Waals surface area contributed by atoms with Crippen LogP contribution < -0.4 is 5.32 Å². The fourth-order valence-corrected chi connectivity index (χ4v) is 1.70. The van der Waals surface area contributed by atoms with E-state index in [2.05, 4.69) is 5.32 Å². The number of hydrogen-bond donors (Lipinski definition) is 2. The van der Waals surface area contributed by atoms with Gasteiger partial charge in [-0.3, -0.25) is 0 Å². The van der Waals surface area contributed by atoms with Gasteiger partial charge in [-0.2, -0.15) is 0 Å². The zero-order valence-electron chi connectivity index (χ0n) is 11.4. The second-order valence-corrected chi connectivity index (χ2v) is 4.03. The number of nitrogens with one attached hydrogen (secondary N) is 1. The van der Waals surface area contributed by atoms with E-state index in [4.69, 9.17) is 14.6 Å². The van der Waals surface area contributed by atoms with Crippen molar-refractivity contribution in [3.05, 3.63) is 47.7 Å². The third-order valence-corrected chi connectivity index (χ3v) is 2.84. The SMILES string of the molecule is COC(CF)(OC)C(=CC(=O)O)NCc1ccccc1. The molecule has 0 heterocycles. The summed E-state index contributed by atoms with van der Waals surface area (Å²) >= 11 is 0. The maximum Gasteiger partial charge on any atom is 0.330 e. The zero-order valence-corrected chi connectivity index (χ0v) is 11.4. The molecule has 0 spiro atoms. The van der Waals surface area contributed by atoms with E-state index >= 15 is 0 Å². The smallest absolute Gasteiger partial charge is 0.330 e. The first-order valence-electron chi connectivity index (χ1n) is 5.97. The van der Waals surface area contributed by atoms with Gasteiger partial charge in [0, 0.05) is 26.8 Å². The molecular formula is C14H18FNO4. The van der Waals surface area contributed by atoms with Crippen LogP contribution in [0.4, 0.5) is 4.39 Å². The molecule has 5 nitrogen and oxygen atoms in total. The Hall–Kier alpha value is -1.92. The molecule has 0 saturated heterocycles. The van der Waals surface area contributed by atoms with Crippen LogP contribution in [0.5, 0.6) is 0 Å². The van der Waals surface area contributed by atoms with Crippen LogP contribution in [-0.4, -0.2) is 37.8 Å². The van der Waals surface area contributed by atoms with E-state index in [0.29, 0.717) is 6.54 Å². The summed E-state index contributed by atoms with van der Waals surface area (Å²) in [5, 5.41) is 11.7. The van der Waals surface area contributed by atoms with Crippen molar-refractivity contribution in [1.29, 1.82) is 0 Å². The van der Waals surface area contributed by atoms with Crippen LogP contribution in [0, 0.1) is 0 Å². The van der Waals surface area contributed by atoms with Gasteiger partial charge in [0.05, 0.1) is 5.70 Å². The van der Waals surface area contributed by atoms with Gasteiger partial charge in [-0.15, -0.1) is 0 Å². The van der Waals surface area contributed by atoms with Crippen molar-refractivity contribution in [2.24, 2.45) is 0 Å². The van der Waals surface area contributed by atoms with Crippen LogP contribution in [0.3, 0.4) is 0 Å². The quantitative estimate of drug-likeness (QED) is 0.561. The molecule has 0 fully saturated rings. The summed E-state index contributed by atoms with van der Waals surface area (Å²) in [7, 11) is 2.51. The average Bonchev–Trinajstić information content (AvgIpc) is 2.47. The lowest BCUT2D eigenvalue weighted by Gasteiger charge is -2.30. The molecule has 0 aliphatic carbocycles. The molecule has 0 aliphatic heterocycles. The number of aliphatic carboxylic acids is 1. The molecule has 2 N–H and O–H groups in total. The molecule has 20 heavy (non-hydrogen) atoms. The average molecular weight is 283 g/mol. The van der Waals surface area contributed by atoms with Crippen molar-refractivity contribution in [2.45, 2.75) is 12.3 Å². The fraction of sp³-hybridized carbons (Fsp3) is 0.357. The highest BCUT2D eigenvalue weighted by Crippen LogP contribution is 2.21. The van der Waals surface area contributed by atoms with E-state index in [1.165, 1.54) is 14.2 Å². The lowest BCUT2D eigenvalue weighted by atomic mass is 10.1. The van der Waals surface area contributed by atoms with Gasteiger partial charge in [-0.05, 0) is 5.56 Å². The lowest BCUT2D eigenvalue weighted by molar-refractivity contribution is -0.191. The number of benzene rings is 1. The van der Waals surface area contributed by atoms with Crippen molar-refractivity contribution in [3.8, 4) is 0 Å². The minimum absolute atomic E-state index is 0.0151. The van der Waals surface area contributed by atoms with Crippen LogP contribution in [0.1, 0.15) is 5.56 Å². The van der Waals surface area contributed by atoms with Crippen LogP contribution in [0.25, 0.3) is 0 Å². The van der Waals surface area contributed by atoms with E-state index in [0.717, 1.165) is 11.6 Å². The van der Waals surface area contributed by atoms with Crippen molar-refractivity contribution >= 4 is 5.97 Å². The van der Waals surface area contributed by atoms with E-state index in [1.807, 2.05) is 30.3 Å². The molecule has 0 atom stereocenters. The Morgan fingerprint density at radius 1 is 1.35 bits per heavy atom. The summed E-state index contributed by atoms with van der Waals surface area (Å²) < 4.78 is 23.2. The molecule has 0 saturated carbocycles. The maximum atomic E-state index is 13.2. The van der Waals surface area contributed by atoms with Gasteiger partial charge >= 0.3 is 5.97 Å². The summed E-state index contributed by atoms with van der Waals surface area (Å²) in [5.74, 6) is -2.96. The Morgan fingerprint density at radius 2 is 1.95 bits per heavy atom. The van der Waals surface area contributed by atoms with Crippen LogP contribution in [-0.2, 0) is 20.8 Å². The molecule has 0 radical (unpaired) electrons. The van der Waals surface area contributed by atoms with Crippen LogP contribution >= 0.6 is 0 Å². The Bertz CT molecular complexity index is 449. The van der Waals surface area contributed by atoms with Gasteiger partial charge in [-0.1, -0.05) is 30.3 Å². The van der Waals surface area contributed by atoms with Gasteiger partial charge < -0.3 is 19.9 Å². The number of carboxylic acid groups (broad SMARTS) is 1. The monoisotopic (exact) mass is 283 g/mol. The Kier molecular flexibility index (Phi) is 6.14. The predicted octanol–water partition coefficient (Wildman–Crippen LogP) is 1.70. The van der Waals surface area contributed by atoms with Crippen molar-refractivity contribution in [2.75, 3.05) is 20.9 Å². The number of alkyl halides is 1. The molecule has 0 aromatic heterocycles. The predicted molar refractivity (Wildman–Crippen MR) is 71.7 cm³/mol. The number of rotatable bonds is 8. The van der Waals surface area contributed by atoms with Gasteiger partial charge in [0.2, 0.25) is 5.79 Å². The maximum absolute atomic E-state index is 13.2. The summed E-state index contributed by atoms with van der Waals surface area (Å²) in [4.78, 5) is 10.9. The van der Waals surface area contributed by atoms with E-state index < -0.39 is 18.4 Å². The molecule has 0 aliphatic rings. The fourth-order valence-electron chi connectivity index (χ4n) is 1.70. The Labute approximate surface area is 117 Å². The third-order valence-electron chi connectivity index (χ3n) is 2.84. The van der Waals surface area contributed by atoms with Crippen molar-refractivity contribution < 1.29 is 23.8 Å². The van der Waals surface area contributed by atoms with Crippen LogP contribution in [0.2, 0.25) is 0 Å². The van der Waals surface area contributed by atoms with Crippen molar-refractivity contribution in [3.63, 3.8) is 0 Å². The summed E-state index contributed by atoms with van der Waals surface area (Å²) in [6, 6.07) is 9.30. The first-order valence-corrected chi connectivity index (χ1v) is 5.97. The number of carbonyl (C=O) groups is 1. The number of hydrogen-bond acceptors (Lipinski definition) is 4. The Balaban J connectivity index is 2.93. The largest absolute Gasteiger partial charge is 0.478 e. The number of halogens is 1. The highest BCUT2D eigenvalue weighted by Gasteiger charge is 2.35. The van der Waals surface area contributed by atoms with E-state index in [9.17, 15) is 9.18 Å². The number of ether oxygens (including phenoxy) is 2. The summed E-state index contributed by atoms with van der Waals surface area (Å²) in [6.07, 6.45) is 0.843. The zero-order chi connectivity index (χ0) is 15.0. The standard InChI is InChI=1S/C14H18FNO4/c1-19-14(10-15,20-2)12(8-13(17)18)16-9-11-6-4-3-5-7-11/h3-8,16H,9-10H2,1-2H3,(H,17,18). The highest BCUT2D eigenvalue weighted by atomic mass is 19.1. The molecule has 0 unspecified atom stereocenters. The lowest BCUT2D eigenvalue weighted by Crippen LogP contribution is -2.44. The second-order valence-electron chi connectivity index (χ2n) is 4.03. The second kappa shape index (κ2) is 7.62. The molecule has 1 aromatic carbocycles. The van der Waals surface area contributed by atoms with Gasteiger partial charge in [0.1, 0.15) is 6.67 Å². The minimum Gasteiger partial charge on any atom is -0.478 e. The third kappa shape index (κ3) is 4.04. The summed E-state index contributed by atoms with van der Waals surface area (Å²) in [5.41, 5.74) is 0.935. The molecular weight excluding hydrogens is 265 g/mol. The topological polar surface area (TPSA) is 67.8 Å². The number of methoxy groups -OCH3 is 2. The molecule has 1 rings (SSSR count). The highest BCUT2D eigenvalue weighted by molar-refractivity contribution is 5.80. The first kappa shape index (κ1) is 16.1. The number of carboxylic acids is 1. The Morgan fingerprint density at radius 3 is 2.40 bits per heavy atom. The molecule has 110 valence electrons. The van der Waals surface area contributed by atoms with Crippen molar-refractivity contribution in [1.82, 2.24) is 5.32 Å². The van der Waals surface area contributed by atoms with E-state index in [1.54, 1.807) is 0 Å². The molecule has 0 bridgehead atoms. The van der Waals surface area contributed by atoms with Gasteiger partial charge in [-0.25, -0.2) is 9.18 Å². The normalized spacial score (nSPS) is 12.2. The molecule has 6 heteroatoms. The van der Waals surface area contributed by atoms with E-state index in [-0.39, 0.29) is 5.70 Å². The van der Waals surface area contributed by atoms with Gasteiger partial charge in [0.25, 0.3) is 0 Å². The molecule has 1 aromatic rings. The summed E-state index contributed by atoms with van der Waals surface area (Å²) in [6.45, 7) is -0.685. The first-order chi connectivity index (χ1) is 9.57. The van der Waals surface area contributed by atoms with Gasteiger partial charge in [0.15, 0.2) is 0 Å². The molecule has 0 amide bonds. The minimum atomic E-state index is -1.74.